The van der Waals surface area contributed by atoms with Crippen LogP contribution in [-0.4, -0.2) is 42.2 Å². The Morgan fingerprint density at radius 1 is 0.829 bits per heavy atom. The number of carbonyl (C=O) groups is 1. The molecule has 8 nitrogen and oxygen atoms in total. The van der Waals surface area contributed by atoms with Crippen molar-refractivity contribution in [1.82, 2.24) is 5.32 Å². The second-order valence-corrected chi connectivity index (χ2v) is 9.83. The summed E-state index contributed by atoms with van der Waals surface area (Å²) in [4.78, 5) is 13.0. The van der Waals surface area contributed by atoms with Crippen molar-refractivity contribution in [3.63, 3.8) is 0 Å². The van der Waals surface area contributed by atoms with Crippen LogP contribution >= 0.6 is 0 Å². The first-order valence-electron chi connectivity index (χ1n) is 10.9. The number of aryl methyl sites for hydroxylation is 2. The zero-order valence-electron chi connectivity index (χ0n) is 20.5. The second kappa shape index (κ2) is 11.1. The van der Waals surface area contributed by atoms with Crippen LogP contribution in [-0.2, 0) is 21.4 Å². The molecule has 1 amide bonds. The summed E-state index contributed by atoms with van der Waals surface area (Å²) in [7, 11) is 0.552. The van der Waals surface area contributed by atoms with Crippen LogP contribution in [0.4, 0.5) is 5.69 Å². The van der Waals surface area contributed by atoms with Gasteiger partial charge in [0.05, 0.1) is 31.9 Å². The highest BCUT2D eigenvalue weighted by molar-refractivity contribution is 7.92. The molecule has 0 heterocycles. The van der Waals surface area contributed by atoms with Crippen LogP contribution in [0.2, 0.25) is 0 Å². The molecule has 0 spiro atoms. The normalized spacial score (nSPS) is 11.0. The molecule has 0 aliphatic carbocycles. The predicted octanol–water partition coefficient (Wildman–Crippen LogP) is 3.84. The lowest BCUT2D eigenvalue weighted by Crippen LogP contribution is -2.40. The van der Waals surface area contributed by atoms with Gasteiger partial charge in [0.1, 0.15) is 6.54 Å². The number of sulfonamides is 1. The van der Waals surface area contributed by atoms with Crippen LogP contribution in [0.25, 0.3) is 0 Å². The van der Waals surface area contributed by atoms with Gasteiger partial charge in [0.25, 0.3) is 10.0 Å². The fraction of sp³-hybridized carbons (Fsp3) is 0.269. The van der Waals surface area contributed by atoms with Crippen molar-refractivity contribution in [2.75, 3.05) is 32.2 Å². The van der Waals surface area contributed by atoms with E-state index in [4.69, 9.17) is 14.2 Å². The molecule has 3 rings (SSSR count). The summed E-state index contributed by atoms with van der Waals surface area (Å²) in [6.45, 7) is 3.54. The summed E-state index contributed by atoms with van der Waals surface area (Å²) in [5.41, 5.74) is 3.03. The smallest absolute Gasteiger partial charge is 0.264 e. The van der Waals surface area contributed by atoms with Crippen LogP contribution in [0, 0.1) is 13.8 Å². The molecule has 3 aromatic carbocycles. The van der Waals surface area contributed by atoms with Crippen LogP contribution in [0.1, 0.15) is 16.7 Å². The molecule has 0 aliphatic rings. The van der Waals surface area contributed by atoms with Gasteiger partial charge in [-0.05, 0) is 55.8 Å². The van der Waals surface area contributed by atoms with Gasteiger partial charge >= 0.3 is 0 Å². The fourth-order valence-electron chi connectivity index (χ4n) is 3.49. The van der Waals surface area contributed by atoms with E-state index in [9.17, 15) is 13.2 Å². The van der Waals surface area contributed by atoms with Gasteiger partial charge in [-0.3, -0.25) is 9.10 Å². The van der Waals surface area contributed by atoms with E-state index in [1.165, 1.54) is 21.3 Å². The Bertz CT molecular complexity index is 1250. The summed E-state index contributed by atoms with van der Waals surface area (Å²) >= 11 is 0. The third-order valence-electron chi connectivity index (χ3n) is 5.43. The van der Waals surface area contributed by atoms with Crippen molar-refractivity contribution >= 4 is 21.6 Å². The number of hydrogen-bond donors (Lipinski definition) is 1. The number of hydrogen-bond acceptors (Lipinski definition) is 6. The molecule has 35 heavy (non-hydrogen) atoms. The van der Waals surface area contributed by atoms with Gasteiger partial charge in [-0.25, -0.2) is 8.42 Å². The van der Waals surface area contributed by atoms with Gasteiger partial charge in [-0.2, -0.15) is 0 Å². The van der Waals surface area contributed by atoms with Crippen molar-refractivity contribution in [1.29, 1.82) is 0 Å². The van der Waals surface area contributed by atoms with Gasteiger partial charge in [-0.1, -0.05) is 35.4 Å². The number of benzene rings is 3. The number of carbonyl (C=O) groups excluding carboxylic acids is 1. The van der Waals surface area contributed by atoms with E-state index in [0.29, 0.717) is 28.5 Å². The van der Waals surface area contributed by atoms with Crippen molar-refractivity contribution in [2.24, 2.45) is 0 Å². The maximum atomic E-state index is 13.5. The summed E-state index contributed by atoms with van der Waals surface area (Å²) in [6, 6.07) is 17.0. The Labute approximate surface area is 206 Å². The minimum Gasteiger partial charge on any atom is -0.493 e. The fourth-order valence-corrected chi connectivity index (χ4v) is 4.91. The van der Waals surface area contributed by atoms with Crippen LogP contribution in [0.15, 0.2) is 65.6 Å². The third-order valence-corrected chi connectivity index (χ3v) is 7.22. The zero-order chi connectivity index (χ0) is 25.6. The highest BCUT2D eigenvalue weighted by Crippen LogP contribution is 2.38. The molecule has 3 aromatic rings. The Balaban J connectivity index is 1.85. The molecule has 0 bridgehead atoms. The molecule has 0 atom stereocenters. The quantitative estimate of drug-likeness (QED) is 0.457. The number of nitrogens with zero attached hydrogens (tertiary/aromatic N) is 1. The SMILES string of the molecule is COc1cc(CNC(=O)CN(c2ccc(C)cc2)S(=O)(=O)c2ccc(C)cc2)cc(OC)c1OC. The Hall–Kier alpha value is -3.72. The lowest BCUT2D eigenvalue weighted by molar-refractivity contribution is -0.119. The standard InChI is InChI=1S/C26H30N2O6S/c1-18-6-10-21(11-7-18)28(35(30,31)22-12-8-19(2)9-13-22)17-25(29)27-16-20-14-23(32-3)26(34-5)24(15-20)33-4/h6-15H,16-17H2,1-5H3,(H,27,29). The Kier molecular flexibility index (Phi) is 8.24. The molecule has 1 N–H and O–H groups in total. The highest BCUT2D eigenvalue weighted by atomic mass is 32.2. The number of ether oxygens (including phenoxy) is 3. The summed E-state index contributed by atoms with van der Waals surface area (Å²) in [5.74, 6) is 0.897. The third kappa shape index (κ3) is 6.05. The van der Waals surface area contributed by atoms with E-state index in [2.05, 4.69) is 5.32 Å². The number of anilines is 1. The predicted molar refractivity (Wildman–Crippen MR) is 135 cm³/mol. The largest absolute Gasteiger partial charge is 0.493 e. The highest BCUT2D eigenvalue weighted by Gasteiger charge is 2.27. The molecule has 9 heteroatoms. The minimum atomic E-state index is -3.98. The van der Waals surface area contributed by atoms with Crippen LogP contribution in [0.3, 0.4) is 0 Å². The minimum absolute atomic E-state index is 0.112. The molecular formula is C26H30N2O6S. The summed E-state index contributed by atoms with van der Waals surface area (Å²) in [5, 5.41) is 2.79. The first-order valence-corrected chi connectivity index (χ1v) is 12.3. The first kappa shape index (κ1) is 25.9. The van der Waals surface area contributed by atoms with E-state index < -0.39 is 15.9 Å². The lowest BCUT2D eigenvalue weighted by Gasteiger charge is -2.24. The molecule has 0 fully saturated rings. The van der Waals surface area contributed by atoms with Gasteiger partial charge in [0, 0.05) is 6.54 Å². The average molecular weight is 499 g/mol. The van der Waals surface area contributed by atoms with E-state index >= 15 is 0 Å². The Morgan fingerprint density at radius 3 is 1.83 bits per heavy atom. The topological polar surface area (TPSA) is 94.2 Å². The summed E-state index contributed by atoms with van der Waals surface area (Å²) < 4.78 is 44.1. The lowest BCUT2D eigenvalue weighted by atomic mass is 10.1. The number of rotatable bonds is 10. The molecule has 0 unspecified atom stereocenters. The average Bonchev–Trinajstić information content (AvgIpc) is 2.86. The van der Waals surface area contributed by atoms with Crippen molar-refractivity contribution in [2.45, 2.75) is 25.3 Å². The summed E-state index contributed by atoms with van der Waals surface area (Å²) in [6.07, 6.45) is 0. The van der Waals surface area contributed by atoms with E-state index in [0.717, 1.165) is 15.4 Å². The van der Waals surface area contributed by atoms with E-state index in [-0.39, 0.29) is 18.0 Å². The van der Waals surface area contributed by atoms with Crippen molar-refractivity contribution < 1.29 is 27.4 Å². The van der Waals surface area contributed by atoms with Crippen molar-refractivity contribution in [3.8, 4) is 17.2 Å². The molecule has 0 radical (unpaired) electrons. The van der Waals surface area contributed by atoms with E-state index in [1.807, 2.05) is 13.8 Å². The van der Waals surface area contributed by atoms with Gasteiger partial charge in [-0.15, -0.1) is 0 Å². The molecule has 0 aliphatic heterocycles. The zero-order valence-corrected chi connectivity index (χ0v) is 21.3. The number of methoxy groups -OCH3 is 3. The van der Waals surface area contributed by atoms with Gasteiger partial charge < -0.3 is 19.5 Å². The van der Waals surface area contributed by atoms with Gasteiger partial charge in [0.2, 0.25) is 11.7 Å². The molecule has 0 saturated heterocycles. The van der Waals surface area contributed by atoms with Crippen LogP contribution < -0.4 is 23.8 Å². The first-order chi connectivity index (χ1) is 16.7. The Morgan fingerprint density at radius 2 is 1.34 bits per heavy atom. The molecule has 0 saturated carbocycles. The maximum Gasteiger partial charge on any atom is 0.264 e. The van der Waals surface area contributed by atoms with Crippen molar-refractivity contribution in [3.05, 3.63) is 77.4 Å². The van der Waals surface area contributed by atoms with Crippen LogP contribution in [0.5, 0.6) is 17.2 Å². The van der Waals surface area contributed by atoms with E-state index in [1.54, 1.807) is 60.7 Å². The maximum absolute atomic E-state index is 13.5. The second-order valence-electron chi connectivity index (χ2n) is 7.97. The van der Waals surface area contributed by atoms with Gasteiger partial charge in [0.15, 0.2) is 11.5 Å². The number of nitrogens with one attached hydrogen (secondary N) is 1. The number of amides is 1. The molecule has 186 valence electrons. The molecule has 0 aromatic heterocycles. The molecular weight excluding hydrogens is 468 g/mol. The monoisotopic (exact) mass is 498 g/mol.